The Hall–Kier alpha value is -3.73. The summed E-state index contributed by atoms with van der Waals surface area (Å²) in [6, 6.07) is 18.9. The first-order valence-corrected chi connectivity index (χ1v) is 10.2. The molecule has 0 bridgehead atoms. The minimum Gasteiger partial charge on any atom is -0.506 e. The Morgan fingerprint density at radius 1 is 0.871 bits per heavy atom. The molecule has 0 aliphatic rings. The number of aryl methyl sites for hydroxylation is 1. The second kappa shape index (κ2) is 7.20. The van der Waals surface area contributed by atoms with Crippen LogP contribution in [0.15, 0.2) is 71.5 Å². The summed E-state index contributed by atoms with van der Waals surface area (Å²) < 4.78 is 30.1. The molecule has 5 rings (SSSR count). The van der Waals surface area contributed by atoms with Crippen molar-refractivity contribution in [3.8, 4) is 16.9 Å². The van der Waals surface area contributed by atoms with Crippen LogP contribution >= 0.6 is 0 Å². The fourth-order valence-electron chi connectivity index (χ4n) is 4.44. The fraction of sp³-hybridized carbons (Fsp3) is 0.115. The van der Waals surface area contributed by atoms with E-state index in [1.54, 1.807) is 12.1 Å². The molecule has 0 aliphatic carbocycles. The van der Waals surface area contributed by atoms with Crippen molar-refractivity contribution in [3.05, 3.63) is 88.6 Å². The minimum atomic E-state index is -1.09. The van der Waals surface area contributed by atoms with Crippen LogP contribution in [0.5, 0.6) is 5.75 Å². The molecule has 1 heterocycles. The highest BCUT2D eigenvalue weighted by Crippen LogP contribution is 2.42. The van der Waals surface area contributed by atoms with Gasteiger partial charge in [-0.3, -0.25) is 4.79 Å². The molecule has 0 radical (unpaired) electrons. The maximum absolute atomic E-state index is 14.2. The van der Waals surface area contributed by atoms with E-state index in [0.29, 0.717) is 29.4 Å². The van der Waals surface area contributed by atoms with Gasteiger partial charge in [0.2, 0.25) is 5.43 Å². The van der Waals surface area contributed by atoms with Crippen LogP contribution in [0.25, 0.3) is 43.7 Å². The van der Waals surface area contributed by atoms with Gasteiger partial charge < -0.3 is 9.67 Å². The first kappa shape index (κ1) is 19.2. The summed E-state index contributed by atoms with van der Waals surface area (Å²) in [4.78, 5) is 13.5. The van der Waals surface area contributed by atoms with E-state index in [1.807, 2.05) is 54.0 Å². The Morgan fingerprint density at radius 2 is 1.52 bits per heavy atom. The first-order chi connectivity index (χ1) is 15.0. The molecule has 0 fully saturated rings. The predicted octanol–water partition coefficient (Wildman–Crippen LogP) is 6.37. The van der Waals surface area contributed by atoms with Gasteiger partial charge in [-0.1, -0.05) is 61.5 Å². The van der Waals surface area contributed by atoms with Crippen molar-refractivity contribution >= 4 is 32.6 Å². The van der Waals surface area contributed by atoms with Gasteiger partial charge in [0.1, 0.15) is 5.75 Å². The van der Waals surface area contributed by atoms with Crippen molar-refractivity contribution in [3.63, 3.8) is 0 Å². The topological polar surface area (TPSA) is 42.2 Å². The number of fused-ring (bicyclic) bond motifs is 3. The molecule has 5 aromatic rings. The third-order valence-electron chi connectivity index (χ3n) is 5.74. The van der Waals surface area contributed by atoms with Crippen molar-refractivity contribution in [2.24, 2.45) is 0 Å². The van der Waals surface area contributed by atoms with Gasteiger partial charge >= 0.3 is 0 Å². The van der Waals surface area contributed by atoms with Gasteiger partial charge in [0.15, 0.2) is 11.6 Å². The van der Waals surface area contributed by atoms with Crippen LogP contribution in [-0.2, 0) is 6.54 Å². The molecule has 154 valence electrons. The van der Waals surface area contributed by atoms with Crippen LogP contribution in [0.1, 0.15) is 13.3 Å². The Morgan fingerprint density at radius 3 is 2.23 bits per heavy atom. The number of phenols is 1. The third kappa shape index (κ3) is 2.81. The van der Waals surface area contributed by atoms with Gasteiger partial charge in [0, 0.05) is 28.9 Å². The van der Waals surface area contributed by atoms with E-state index in [0.717, 1.165) is 28.6 Å². The summed E-state index contributed by atoms with van der Waals surface area (Å²) in [5, 5.41) is 12.6. The predicted molar refractivity (Wildman–Crippen MR) is 121 cm³/mol. The molecular formula is C26H19F2NO2. The number of hydrogen-bond donors (Lipinski definition) is 1. The van der Waals surface area contributed by atoms with Crippen LogP contribution in [0.2, 0.25) is 0 Å². The summed E-state index contributed by atoms with van der Waals surface area (Å²) in [6.45, 7) is 2.44. The summed E-state index contributed by atoms with van der Waals surface area (Å²) >= 11 is 0. The van der Waals surface area contributed by atoms with E-state index in [9.17, 15) is 18.7 Å². The second-order valence-electron chi connectivity index (χ2n) is 7.62. The normalized spacial score (nSPS) is 11.6. The van der Waals surface area contributed by atoms with E-state index in [4.69, 9.17) is 0 Å². The molecule has 0 unspecified atom stereocenters. The maximum atomic E-state index is 14.2. The number of benzene rings is 4. The zero-order valence-corrected chi connectivity index (χ0v) is 16.8. The third-order valence-corrected chi connectivity index (χ3v) is 5.74. The monoisotopic (exact) mass is 415 g/mol. The molecule has 31 heavy (non-hydrogen) atoms. The smallest absolute Gasteiger partial charge is 0.201 e. The van der Waals surface area contributed by atoms with E-state index in [1.165, 1.54) is 0 Å². The second-order valence-corrected chi connectivity index (χ2v) is 7.62. The number of nitrogens with zero attached hydrogens (tertiary/aromatic N) is 1. The highest BCUT2D eigenvalue weighted by molar-refractivity contribution is 6.17. The van der Waals surface area contributed by atoms with Gasteiger partial charge in [-0.15, -0.1) is 0 Å². The minimum absolute atomic E-state index is 0.0458. The number of rotatable bonds is 3. The summed E-state index contributed by atoms with van der Waals surface area (Å²) in [5.41, 5.74) is 1.96. The molecular weight excluding hydrogens is 396 g/mol. The first-order valence-electron chi connectivity index (χ1n) is 10.2. The van der Waals surface area contributed by atoms with Crippen molar-refractivity contribution in [1.29, 1.82) is 0 Å². The molecule has 5 heteroatoms. The summed E-state index contributed by atoms with van der Waals surface area (Å²) in [7, 11) is 0. The maximum Gasteiger partial charge on any atom is 0.201 e. The van der Waals surface area contributed by atoms with E-state index in [2.05, 4.69) is 0 Å². The quantitative estimate of drug-likeness (QED) is 0.348. The van der Waals surface area contributed by atoms with E-state index >= 15 is 0 Å². The van der Waals surface area contributed by atoms with E-state index in [-0.39, 0.29) is 16.5 Å². The van der Waals surface area contributed by atoms with Gasteiger partial charge in [-0.25, -0.2) is 8.78 Å². The Bertz CT molecular complexity index is 1540. The Kier molecular flexibility index (Phi) is 4.47. The van der Waals surface area contributed by atoms with Crippen LogP contribution in [0.3, 0.4) is 0 Å². The zero-order valence-electron chi connectivity index (χ0n) is 16.8. The van der Waals surface area contributed by atoms with Gasteiger partial charge in [-0.05, 0) is 23.4 Å². The van der Waals surface area contributed by atoms with Crippen molar-refractivity contribution < 1.29 is 13.9 Å². The number of aromatic nitrogens is 1. The lowest BCUT2D eigenvalue weighted by Gasteiger charge is -2.21. The summed E-state index contributed by atoms with van der Waals surface area (Å²) in [6.07, 6.45) is 0.702. The molecule has 0 aliphatic heterocycles. The van der Waals surface area contributed by atoms with Gasteiger partial charge in [0.25, 0.3) is 0 Å². The Balaban J connectivity index is 2.16. The lowest BCUT2D eigenvalue weighted by molar-refractivity contribution is 0.487. The largest absolute Gasteiger partial charge is 0.506 e. The van der Waals surface area contributed by atoms with Crippen molar-refractivity contribution in [2.75, 3.05) is 0 Å². The zero-order chi connectivity index (χ0) is 21.7. The molecule has 0 saturated carbocycles. The lowest BCUT2D eigenvalue weighted by atomic mass is 9.92. The number of pyridine rings is 1. The number of phenolic OH excluding ortho intramolecular Hbond substituents is 1. The molecule has 0 amide bonds. The highest BCUT2D eigenvalue weighted by Gasteiger charge is 2.23. The average Bonchev–Trinajstić information content (AvgIpc) is 2.78. The number of hydrogen-bond acceptors (Lipinski definition) is 2. The average molecular weight is 415 g/mol. The van der Waals surface area contributed by atoms with Crippen molar-refractivity contribution in [2.45, 2.75) is 19.9 Å². The van der Waals surface area contributed by atoms with Crippen LogP contribution in [0.4, 0.5) is 8.78 Å². The molecule has 0 atom stereocenters. The standard InChI is InChI=1S/C26H19F2NO2/c1-2-12-29-21-14-20(28)19(27)13-18(21)26(31)23-24(29)22(15-8-4-3-5-9-15)16-10-6-7-11-17(16)25(23)30/h3-11,13-14,30H,2,12H2,1H3. The van der Waals surface area contributed by atoms with E-state index < -0.39 is 17.1 Å². The summed E-state index contributed by atoms with van der Waals surface area (Å²) in [5.74, 6) is -2.25. The van der Waals surface area contributed by atoms with Crippen molar-refractivity contribution in [1.82, 2.24) is 4.57 Å². The van der Waals surface area contributed by atoms with Gasteiger partial charge in [0.05, 0.1) is 16.4 Å². The highest BCUT2D eigenvalue weighted by atomic mass is 19.2. The van der Waals surface area contributed by atoms with Gasteiger partial charge in [-0.2, -0.15) is 0 Å². The molecule has 4 aromatic carbocycles. The SMILES string of the molecule is CCCn1c2cc(F)c(F)cc2c(=O)c2c(O)c3ccccc3c(-c3ccccc3)c21. The molecule has 0 saturated heterocycles. The molecule has 3 nitrogen and oxygen atoms in total. The van der Waals surface area contributed by atoms with Crippen LogP contribution < -0.4 is 5.43 Å². The van der Waals surface area contributed by atoms with Crippen LogP contribution in [0, 0.1) is 11.6 Å². The lowest BCUT2D eigenvalue weighted by Crippen LogP contribution is -2.14. The number of halogens is 2. The molecule has 1 N–H and O–H groups in total. The molecule has 0 spiro atoms. The fourth-order valence-corrected chi connectivity index (χ4v) is 4.44. The molecule has 1 aromatic heterocycles. The van der Waals surface area contributed by atoms with Crippen LogP contribution in [-0.4, -0.2) is 9.67 Å². The Labute approximate surface area is 176 Å². The number of aromatic hydroxyl groups is 1.